The quantitative estimate of drug-likeness (QED) is 0.851. The van der Waals surface area contributed by atoms with Crippen molar-refractivity contribution in [3.8, 4) is 5.75 Å². The van der Waals surface area contributed by atoms with Crippen molar-refractivity contribution in [2.45, 2.75) is 52.4 Å². The molecule has 0 saturated heterocycles. The van der Waals surface area contributed by atoms with Crippen molar-refractivity contribution >= 4 is 5.97 Å². The lowest BCUT2D eigenvalue weighted by atomic mass is 10.1. The molecule has 0 spiro atoms. The molecule has 4 heteroatoms. The van der Waals surface area contributed by atoms with Gasteiger partial charge in [0.2, 0.25) is 0 Å². The van der Waals surface area contributed by atoms with Gasteiger partial charge in [-0.1, -0.05) is 12.1 Å². The zero-order valence-electron chi connectivity index (χ0n) is 12.2. The molecule has 0 unspecified atom stereocenters. The maximum Gasteiger partial charge on any atom is 0.350 e. The molecule has 0 saturated carbocycles. The number of benzene rings is 1. The average Bonchev–Trinajstić information content (AvgIpc) is 2.27. The number of aliphatic hydroxyl groups excluding tert-OH is 1. The molecule has 0 radical (unpaired) electrons. The van der Waals surface area contributed by atoms with Crippen LogP contribution in [0.2, 0.25) is 0 Å². The summed E-state index contributed by atoms with van der Waals surface area (Å²) in [6.07, 6.45) is 0. The molecule has 19 heavy (non-hydrogen) atoms. The van der Waals surface area contributed by atoms with Gasteiger partial charge in [0.1, 0.15) is 11.4 Å². The highest BCUT2D eigenvalue weighted by Gasteiger charge is 2.34. The fourth-order valence-electron chi connectivity index (χ4n) is 1.40. The van der Waals surface area contributed by atoms with Crippen molar-refractivity contribution in [1.82, 2.24) is 0 Å². The number of carbonyl (C=O) groups is 1. The monoisotopic (exact) mass is 266 g/mol. The lowest BCUT2D eigenvalue weighted by molar-refractivity contribution is -0.170. The first kappa shape index (κ1) is 15.5. The fourth-order valence-corrected chi connectivity index (χ4v) is 1.40. The SMILES string of the molecule is CC(C)(C)OC(=O)C(C)(C)Oc1ccc(CO)cc1. The maximum atomic E-state index is 12.0. The van der Waals surface area contributed by atoms with Crippen LogP contribution in [0.3, 0.4) is 0 Å². The third kappa shape index (κ3) is 4.91. The van der Waals surface area contributed by atoms with Crippen molar-refractivity contribution in [3.63, 3.8) is 0 Å². The zero-order valence-corrected chi connectivity index (χ0v) is 12.2. The van der Waals surface area contributed by atoms with Crippen LogP contribution in [0.5, 0.6) is 5.75 Å². The van der Waals surface area contributed by atoms with E-state index in [1.165, 1.54) is 0 Å². The van der Waals surface area contributed by atoms with Gasteiger partial charge in [-0.3, -0.25) is 0 Å². The van der Waals surface area contributed by atoms with Crippen molar-refractivity contribution in [2.75, 3.05) is 0 Å². The molecule has 0 amide bonds. The highest BCUT2D eigenvalue weighted by molar-refractivity contribution is 5.79. The molecule has 0 aliphatic rings. The molecule has 106 valence electrons. The molecule has 0 atom stereocenters. The fraction of sp³-hybridized carbons (Fsp3) is 0.533. The second-order valence-electron chi connectivity index (χ2n) is 5.92. The van der Waals surface area contributed by atoms with Gasteiger partial charge in [0.05, 0.1) is 6.61 Å². The van der Waals surface area contributed by atoms with E-state index < -0.39 is 17.2 Å². The van der Waals surface area contributed by atoms with Gasteiger partial charge in [0.15, 0.2) is 5.60 Å². The number of rotatable bonds is 4. The van der Waals surface area contributed by atoms with E-state index in [1.54, 1.807) is 38.1 Å². The van der Waals surface area contributed by atoms with E-state index in [0.717, 1.165) is 5.56 Å². The second kappa shape index (κ2) is 5.61. The Balaban J connectivity index is 2.74. The molecule has 0 aromatic heterocycles. The summed E-state index contributed by atoms with van der Waals surface area (Å²) in [5.41, 5.74) is -0.811. The van der Waals surface area contributed by atoms with Crippen LogP contribution in [0, 0.1) is 0 Å². The van der Waals surface area contributed by atoms with Crippen LogP contribution < -0.4 is 4.74 Å². The van der Waals surface area contributed by atoms with Crippen LogP contribution in [-0.2, 0) is 16.1 Å². The van der Waals surface area contributed by atoms with Gasteiger partial charge in [0.25, 0.3) is 0 Å². The minimum absolute atomic E-state index is 0.0181. The van der Waals surface area contributed by atoms with Crippen molar-refractivity contribution in [3.05, 3.63) is 29.8 Å². The molecule has 1 N–H and O–H groups in total. The van der Waals surface area contributed by atoms with E-state index in [4.69, 9.17) is 14.6 Å². The van der Waals surface area contributed by atoms with E-state index >= 15 is 0 Å². The second-order valence-corrected chi connectivity index (χ2v) is 5.92. The summed E-state index contributed by atoms with van der Waals surface area (Å²) < 4.78 is 11.0. The first-order valence-electron chi connectivity index (χ1n) is 6.26. The number of ether oxygens (including phenoxy) is 2. The average molecular weight is 266 g/mol. The largest absolute Gasteiger partial charge is 0.476 e. The molecule has 4 nitrogen and oxygen atoms in total. The number of hydrogen-bond donors (Lipinski definition) is 1. The van der Waals surface area contributed by atoms with Gasteiger partial charge >= 0.3 is 5.97 Å². The minimum atomic E-state index is -1.06. The van der Waals surface area contributed by atoms with E-state index in [-0.39, 0.29) is 6.61 Å². The zero-order chi connectivity index (χ0) is 14.7. The summed E-state index contributed by atoms with van der Waals surface area (Å²) in [4.78, 5) is 12.0. The summed E-state index contributed by atoms with van der Waals surface area (Å²) in [7, 11) is 0. The van der Waals surface area contributed by atoms with Gasteiger partial charge in [0, 0.05) is 0 Å². The van der Waals surface area contributed by atoms with Crippen LogP contribution in [-0.4, -0.2) is 22.3 Å². The Labute approximate surface area is 114 Å². The van der Waals surface area contributed by atoms with Gasteiger partial charge in [-0.25, -0.2) is 4.79 Å². The molecule has 1 rings (SSSR count). The van der Waals surface area contributed by atoms with Crippen molar-refractivity contribution < 1.29 is 19.4 Å². The topological polar surface area (TPSA) is 55.8 Å². The Kier molecular flexibility index (Phi) is 4.58. The summed E-state index contributed by atoms with van der Waals surface area (Å²) >= 11 is 0. The predicted molar refractivity (Wildman–Crippen MR) is 72.9 cm³/mol. The predicted octanol–water partition coefficient (Wildman–Crippen LogP) is 2.68. The van der Waals surface area contributed by atoms with Gasteiger partial charge in [-0.2, -0.15) is 0 Å². The number of aliphatic hydroxyl groups is 1. The first-order chi connectivity index (χ1) is 8.64. The smallest absolute Gasteiger partial charge is 0.350 e. The Bertz CT molecular complexity index is 426. The molecule has 1 aromatic carbocycles. The van der Waals surface area contributed by atoms with Crippen LogP contribution in [0.1, 0.15) is 40.2 Å². The van der Waals surface area contributed by atoms with E-state index in [9.17, 15) is 4.79 Å². The molecule has 0 aliphatic carbocycles. The van der Waals surface area contributed by atoms with Gasteiger partial charge < -0.3 is 14.6 Å². The number of esters is 1. The van der Waals surface area contributed by atoms with Crippen molar-refractivity contribution in [1.29, 1.82) is 0 Å². The Hall–Kier alpha value is -1.55. The molecule has 1 aromatic rings. The minimum Gasteiger partial charge on any atom is -0.476 e. The number of hydrogen-bond acceptors (Lipinski definition) is 4. The summed E-state index contributed by atoms with van der Waals surface area (Å²) in [6.45, 7) is 8.77. The third-order valence-corrected chi connectivity index (χ3v) is 2.37. The highest BCUT2D eigenvalue weighted by Crippen LogP contribution is 2.22. The lowest BCUT2D eigenvalue weighted by Crippen LogP contribution is -2.43. The summed E-state index contributed by atoms with van der Waals surface area (Å²) in [5, 5.41) is 8.96. The van der Waals surface area contributed by atoms with Gasteiger partial charge in [-0.05, 0) is 52.3 Å². The van der Waals surface area contributed by atoms with Gasteiger partial charge in [-0.15, -0.1) is 0 Å². The molecule has 0 aliphatic heterocycles. The summed E-state index contributed by atoms with van der Waals surface area (Å²) in [6, 6.07) is 6.94. The molecule has 0 heterocycles. The first-order valence-corrected chi connectivity index (χ1v) is 6.26. The Morgan fingerprint density at radius 1 is 1.11 bits per heavy atom. The van der Waals surface area contributed by atoms with E-state index in [2.05, 4.69) is 0 Å². The van der Waals surface area contributed by atoms with Crippen LogP contribution in [0.4, 0.5) is 0 Å². The Morgan fingerprint density at radius 3 is 2.05 bits per heavy atom. The van der Waals surface area contributed by atoms with Crippen LogP contribution in [0.15, 0.2) is 24.3 Å². The van der Waals surface area contributed by atoms with Crippen LogP contribution >= 0.6 is 0 Å². The van der Waals surface area contributed by atoms with Crippen LogP contribution in [0.25, 0.3) is 0 Å². The van der Waals surface area contributed by atoms with Crippen molar-refractivity contribution in [2.24, 2.45) is 0 Å². The molecule has 0 bridgehead atoms. The highest BCUT2D eigenvalue weighted by atomic mass is 16.6. The number of carbonyl (C=O) groups excluding carboxylic acids is 1. The normalized spacial score (nSPS) is 12.1. The molecular formula is C15H22O4. The molecular weight excluding hydrogens is 244 g/mol. The van der Waals surface area contributed by atoms with E-state index in [0.29, 0.717) is 5.75 Å². The molecule has 0 fully saturated rings. The maximum absolute atomic E-state index is 12.0. The standard InChI is InChI=1S/C15H22O4/c1-14(2,3)19-13(17)15(4,5)18-12-8-6-11(10-16)7-9-12/h6-9,16H,10H2,1-5H3. The van der Waals surface area contributed by atoms with E-state index in [1.807, 2.05) is 20.8 Å². The third-order valence-electron chi connectivity index (χ3n) is 2.37. The lowest BCUT2D eigenvalue weighted by Gasteiger charge is -2.29. The summed E-state index contributed by atoms with van der Waals surface area (Å²) in [5.74, 6) is 0.152. The Morgan fingerprint density at radius 2 is 1.63 bits per heavy atom.